The molecule has 1 rings (SSSR count). The van der Waals surface area contributed by atoms with Crippen LogP contribution in [0.4, 0.5) is 8.78 Å². The second kappa shape index (κ2) is 5.50. The van der Waals surface area contributed by atoms with Crippen molar-refractivity contribution in [3.05, 3.63) is 40.8 Å². The molecule has 15 heavy (non-hydrogen) atoms. The molecule has 0 fully saturated rings. The van der Waals surface area contributed by atoms with E-state index >= 15 is 0 Å². The summed E-state index contributed by atoms with van der Waals surface area (Å²) >= 11 is 1.34. The van der Waals surface area contributed by atoms with Crippen LogP contribution in [0.1, 0.15) is 5.56 Å². The van der Waals surface area contributed by atoms with E-state index in [9.17, 15) is 8.78 Å². The molecule has 0 aliphatic rings. The summed E-state index contributed by atoms with van der Waals surface area (Å²) in [5.74, 6) is -1.81. The van der Waals surface area contributed by atoms with Crippen LogP contribution in [0.15, 0.2) is 28.6 Å². The van der Waals surface area contributed by atoms with Crippen molar-refractivity contribution in [3.63, 3.8) is 0 Å². The molecule has 0 bridgehead atoms. The Morgan fingerprint density at radius 3 is 2.80 bits per heavy atom. The summed E-state index contributed by atoms with van der Waals surface area (Å²) in [5.41, 5.74) is 5.54. The molecule has 0 radical (unpaired) electrons. The summed E-state index contributed by atoms with van der Waals surface area (Å²) in [6.45, 7) is 0. The van der Waals surface area contributed by atoms with Crippen LogP contribution in [0.2, 0.25) is 0 Å². The summed E-state index contributed by atoms with van der Waals surface area (Å²) in [4.78, 5) is 3.77. The van der Waals surface area contributed by atoms with E-state index in [1.54, 1.807) is 11.7 Å². The summed E-state index contributed by atoms with van der Waals surface area (Å²) in [6.07, 6.45) is 2.84. The van der Waals surface area contributed by atoms with Gasteiger partial charge in [0.05, 0.1) is 12.0 Å². The van der Waals surface area contributed by atoms with Gasteiger partial charge >= 0.3 is 0 Å². The van der Waals surface area contributed by atoms with E-state index in [2.05, 4.69) is 4.99 Å². The summed E-state index contributed by atoms with van der Waals surface area (Å²) < 4.78 is 26.3. The fourth-order valence-electron chi connectivity index (χ4n) is 1.06. The van der Waals surface area contributed by atoms with Crippen molar-refractivity contribution >= 4 is 23.8 Å². The number of aliphatic imine (C=N–C) groups is 1. The van der Waals surface area contributed by atoms with Gasteiger partial charge in [0.25, 0.3) is 0 Å². The molecule has 0 saturated carbocycles. The number of rotatable bonds is 3. The third-order valence-corrected chi connectivity index (χ3v) is 2.13. The van der Waals surface area contributed by atoms with Gasteiger partial charge < -0.3 is 5.73 Å². The lowest BCUT2D eigenvalue weighted by molar-refractivity contribution is 0.506. The molecular weight excluding hydrogens is 218 g/mol. The molecule has 1 aromatic carbocycles. The number of nitrogens with zero attached hydrogens (tertiary/aromatic N) is 1. The van der Waals surface area contributed by atoms with Crippen LogP contribution in [-0.4, -0.2) is 12.6 Å². The van der Waals surface area contributed by atoms with Crippen LogP contribution < -0.4 is 5.73 Å². The maximum absolute atomic E-state index is 13.4. The van der Waals surface area contributed by atoms with Crippen molar-refractivity contribution in [2.45, 2.75) is 0 Å². The fraction of sp³-hybridized carbons (Fsp3) is 0.100. The Kier molecular flexibility index (Phi) is 4.30. The summed E-state index contributed by atoms with van der Waals surface area (Å²) in [5, 5.41) is 1.60. The molecule has 1 aromatic rings. The van der Waals surface area contributed by atoms with Crippen molar-refractivity contribution in [1.82, 2.24) is 0 Å². The molecule has 0 aromatic heterocycles. The maximum Gasteiger partial charge on any atom is 0.168 e. The van der Waals surface area contributed by atoms with Crippen LogP contribution in [0.25, 0.3) is 5.70 Å². The van der Waals surface area contributed by atoms with Gasteiger partial charge in [-0.25, -0.2) is 13.8 Å². The molecule has 0 aliphatic heterocycles. The first-order valence-corrected chi connectivity index (χ1v) is 5.41. The van der Waals surface area contributed by atoms with Crippen molar-refractivity contribution in [2.75, 3.05) is 6.26 Å². The highest BCUT2D eigenvalue weighted by Gasteiger charge is 2.10. The zero-order valence-corrected chi connectivity index (χ0v) is 8.89. The third kappa shape index (κ3) is 2.79. The van der Waals surface area contributed by atoms with Gasteiger partial charge in [-0.2, -0.15) is 0 Å². The minimum Gasteiger partial charge on any atom is -0.390 e. The molecule has 0 atom stereocenters. The Morgan fingerprint density at radius 1 is 1.47 bits per heavy atom. The zero-order valence-electron chi connectivity index (χ0n) is 8.08. The van der Waals surface area contributed by atoms with Gasteiger partial charge in [0.1, 0.15) is 0 Å². The van der Waals surface area contributed by atoms with Gasteiger partial charge in [0.2, 0.25) is 0 Å². The first kappa shape index (κ1) is 11.7. The molecule has 0 aliphatic carbocycles. The second-order valence-corrected chi connectivity index (χ2v) is 3.33. The minimum absolute atomic E-state index is 0.103. The van der Waals surface area contributed by atoms with E-state index in [1.165, 1.54) is 23.9 Å². The number of nitrogens with two attached hydrogens (primary N) is 1. The molecular formula is C10H10F2N2S. The molecule has 2 nitrogen and oxygen atoms in total. The lowest BCUT2D eigenvalue weighted by Crippen LogP contribution is -1.94. The van der Waals surface area contributed by atoms with Crippen molar-refractivity contribution in [2.24, 2.45) is 10.7 Å². The van der Waals surface area contributed by atoms with E-state index in [-0.39, 0.29) is 5.56 Å². The Balaban J connectivity index is 3.23. The predicted octanol–water partition coefficient (Wildman–Crippen LogP) is 2.61. The van der Waals surface area contributed by atoms with Gasteiger partial charge in [-0.05, 0) is 23.8 Å². The first-order chi connectivity index (χ1) is 7.20. The quantitative estimate of drug-likeness (QED) is 0.638. The van der Waals surface area contributed by atoms with Gasteiger partial charge in [-0.1, -0.05) is 6.07 Å². The number of thioether (sulfide) groups is 1. The monoisotopic (exact) mass is 228 g/mol. The Labute approximate surface area is 90.9 Å². The van der Waals surface area contributed by atoms with Crippen molar-refractivity contribution < 1.29 is 8.78 Å². The van der Waals surface area contributed by atoms with Crippen LogP contribution in [-0.2, 0) is 0 Å². The lowest BCUT2D eigenvalue weighted by atomic mass is 10.1. The molecule has 0 heterocycles. The zero-order chi connectivity index (χ0) is 11.3. The third-order valence-electron chi connectivity index (χ3n) is 1.67. The average molecular weight is 228 g/mol. The Morgan fingerprint density at radius 2 is 2.20 bits per heavy atom. The van der Waals surface area contributed by atoms with E-state index in [0.29, 0.717) is 5.70 Å². The van der Waals surface area contributed by atoms with E-state index < -0.39 is 11.6 Å². The smallest absolute Gasteiger partial charge is 0.168 e. The number of halogens is 2. The van der Waals surface area contributed by atoms with Crippen LogP contribution in [0.5, 0.6) is 0 Å². The highest BCUT2D eigenvalue weighted by molar-refractivity contribution is 8.01. The molecule has 0 saturated heterocycles. The molecule has 2 N–H and O–H groups in total. The summed E-state index contributed by atoms with van der Waals surface area (Å²) in [7, 11) is 0. The van der Waals surface area contributed by atoms with E-state index in [1.807, 2.05) is 0 Å². The van der Waals surface area contributed by atoms with Gasteiger partial charge in [-0.3, -0.25) is 0 Å². The number of hydrogen-bond donors (Lipinski definition) is 1. The molecule has 0 unspecified atom stereocenters. The van der Waals surface area contributed by atoms with E-state index in [0.717, 1.165) is 12.4 Å². The van der Waals surface area contributed by atoms with Gasteiger partial charge in [0.15, 0.2) is 11.6 Å². The Bertz CT molecular complexity index is 402. The minimum atomic E-state index is -0.914. The second-order valence-electron chi connectivity index (χ2n) is 2.62. The number of hydrogen-bond acceptors (Lipinski definition) is 2. The molecule has 80 valence electrons. The molecule has 5 heteroatoms. The van der Waals surface area contributed by atoms with Gasteiger partial charge in [-0.15, -0.1) is 11.8 Å². The normalized spacial score (nSPS) is 12.3. The fourth-order valence-corrected chi connectivity index (χ4v) is 1.47. The maximum atomic E-state index is 13.4. The highest BCUT2D eigenvalue weighted by atomic mass is 32.2. The first-order valence-electron chi connectivity index (χ1n) is 4.12. The average Bonchev–Trinajstić information content (AvgIpc) is 2.22. The highest BCUT2D eigenvalue weighted by Crippen LogP contribution is 2.23. The topological polar surface area (TPSA) is 38.4 Å². The van der Waals surface area contributed by atoms with Crippen LogP contribution >= 0.6 is 11.8 Å². The molecule has 0 spiro atoms. The van der Waals surface area contributed by atoms with Gasteiger partial charge in [0, 0.05) is 5.56 Å². The van der Waals surface area contributed by atoms with Crippen LogP contribution in [0, 0.1) is 11.6 Å². The van der Waals surface area contributed by atoms with Crippen molar-refractivity contribution in [3.8, 4) is 0 Å². The largest absolute Gasteiger partial charge is 0.390 e. The van der Waals surface area contributed by atoms with E-state index in [4.69, 9.17) is 5.73 Å². The summed E-state index contributed by atoms with van der Waals surface area (Å²) in [6, 6.07) is 3.93. The number of benzene rings is 1. The van der Waals surface area contributed by atoms with Crippen LogP contribution in [0.3, 0.4) is 0 Å². The molecule has 0 amide bonds. The standard InChI is InChI=1S/C10H10F2N2S/c1-15-5-9(14-6-13)7-3-2-4-8(11)10(7)12/h2-6H,1H3,(H2,13,14)/b9-5-. The predicted molar refractivity (Wildman–Crippen MR) is 60.5 cm³/mol. The van der Waals surface area contributed by atoms with Crippen molar-refractivity contribution in [1.29, 1.82) is 0 Å². The lowest BCUT2D eigenvalue weighted by Gasteiger charge is -2.03. The SMILES string of the molecule is CS/C=C(\N=C\N)c1cccc(F)c1F. The Hall–Kier alpha value is -1.36.